The van der Waals surface area contributed by atoms with Gasteiger partial charge < -0.3 is 15.2 Å². The molecule has 0 bridgehead atoms. The molecule has 15 heavy (non-hydrogen) atoms. The quantitative estimate of drug-likeness (QED) is 0.805. The van der Waals surface area contributed by atoms with Gasteiger partial charge in [0.25, 0.3) is 0 Å². The van der Waals surface area contributed by atoms with Crippen molar-refractivity contribution in [3.05, 3.63) is 35.2 Å². The summed E-state index contributed by atoms with van der Waals surface area (Å²) in [4.78, 5) is 0. The molecule has 0 unspecified atom stereocenters. The van der Waals surface area contributed by atoms with Gasteiger partial charge in [0.05, 0.1) is 6.61 Å². The van der Waals surface area contributed by atoms with Gasteiger partial charge in [0.15, 0.2) is 6.79 Å². The summed E-state index contributed by atoms with van der Waals surface area (Å²) in [6.07, 6.45) is 3.51. The summed E-state index contributed by atoms with van der Waals surface area (Å²) in [6, 6.07) is 2.85. The van der Waals surface area contributed by atoms with Crippen molar-refractivity contribution < 1.29 is 13.9 Å². The van der Waals surface area contributed by atoms with Crippen LogP contribution in [0.1, 0.15) is 11.1 Å². The van der Waals surface area contributed by atoms with E-state index in [1.54, 1.807) is 12.2 Å². The Bertz CT molecular complexity index is 390. The molecule has 1 heterocycles. The molecule has 2 N–H and O–H groups in total. The summed E-state index contributed by atoms with van der Waals surface area (Å²) in [5, 5.41) is 0. The molecule has 3 nitrogen and oxygen atoms in total. The Morgan fingerprint density at radius 1 is 1.47 bits per heavy atom. The molecule has 0 radical (unpaired) electrons. The molecule has 0 atom stereocenters. The molecule has 0 saturated carbocycles. The fourth-order valence-corrected chi connectivity index (χ4v) is 1.53. The van der Waals surface area contributed by atoms with E-state index >= 15 is 0 Å². The summed E-state index contributed by atoms with van der Waals surface area (Å²) in [7, 11) is 0. The first-order valence-corrected chi connectivity index (χ1v) is 4.71. The number of hydrogen-bond donors (Lipinski definition) is 1. The smallest absolute Gasteiger partial charge is 0.189 e. The lowest BCUT2D eigenvalue weighted by Gasteiger charge is -2.19. The summed E-state index contributed by atoms with van der Waals surface area (Å²) in [6.45, 7) is 1.01. The third kappa shape index (κ3) is 2.16. The molecule has 80 valence electrons. The largest absolute Gasteiger partial charge is 0.467 e. The average Bonchev–Trinajstić information content (AvgIpc) is 2.25. The van der Waals surface area contributed by atoms with Gasteiger partial charge in [-0.05, 0) is 12.1 Å². The van der Waals surface area contributed by atoms with Crippen LogP contribution < -0.4 is 10.5 Å². The average molecular weight is 209 g/mol. The van der Waals surface area contributed by atoms with E-state index in [0.29, 0.717) is 24.5 Å². The molecule has 1 aliphatic heterocycles. The first kappa shape index (κ1) is 10.1. The van der Waals surface area contributed by atoms with Gasteiger partial charge in [0.2, 0.25) is 0 Å². The molecule has 1 aromatic carbocycles. The molecular weight excluding hydrogens is 197 g/mol. The molecular formula is C11H12FNO2. The summed E-state index contributed by atoms with van der Waals surface area (Å²) in [5.74, 6) is 0.395. The topological polar surface area (TPSA) is 44.5 Å². The van der Waals surface area contributed by atoms with Gasteiger partial charge >= 0.3 is 0 Å². The molecule has 2 rings (SSSR count). The maximum atomic E-state index is 13.2. The molecule has 0 aromatic heterocycles. The number of ether oxygens (including phenoxy) is 2. The zero-order valence-corrected chi connectivity index (χ0v) is 8.20. The molecule has 4 heteroatoms. The highest BCUT2D eigenvalue weighted by Crippen LogP contribution is 2.30. The van der Waals surface area contributed by atoms with Gasteiger partial charge in [-0.15, -0.1) is 0 Å². The standard InChI is InChI=1S/C11H12FNO2/c12-10-4-8(2-1-3-13)11-9(5-10)6-14-7-15-11/h1-2,4-5H,3,6-7,13H2/b2-1+. The van der Waals surface area contributed by atoms with Crippen LogP contribution in [0.5, 0.6) is 5.75 Å². The highest BCUT2D eigenvalue weighted by molar-refractivity contribution is 5.60. The van der Waals surface area contributed by atoms with Gasteiger partial charge in [-0.3, -0.25) is 0 Å². The zero-order chi connectivity index (χ0) is 10.7. The third-order valence-electron chi connectivity index (χ3n) is 2.14. The Labute approximate surface area is 87.3 Å². The summed E-state index contributed by atoms with van der Waals surface area (Å²) < 4.78 is 23.6. The Morgan fingerprint density at radius 2 is 2.33 bits per heavy atom. The van der Waals surface area contributed by atoms with Crippen molar-refractivity contribution in [2.75, 3.05) is 13.3 Å². The van der Waals surface area contributed by atoms with Crippen molar-refractivity contribution in [3.8, 4) is 5.75 Å². The van der Waals surface area contributed by atoms with E-state index in [1.807, 2.05) is 0 Å². The molecule has 0 aliphatic carbocycles. The van der Waals surface area contributed by atoms with Gasteiger partial charge in [-0.2, -0.15) is 0 Å². The minimum Gasteiger partial charge on any atom is -0.467 e. The van der Waals surface area contributed by atoms with Crippen molar-refractivity contribution in [2.24, 2.45) is 5.73 Å². The first-order chi connectivity index (χ1) is 7.31. The first-order valence-electron chi connectivity index (χ1n) is 4.71. The van der Waals surface area contributed by atoms with Crippen molar-refractivity contribution >= 4 is 6.08 Å². The maximum Gasteiger partial charge on any atom is 0.189 e. The zero-order valence-electron chi connectivity index (χ0n) is 8.20. The number of rotatable bonds is 2. The Hall–Kier alpha value is -1.39. The van der Waals surface area contributed by atoms with Crippen molar-refractivity contribution in [3.63, 3.8) is 0 Å². The second-order valence-electron chi connectivity index (χ2n) is 3.23. The van der Waals surface area contributed by atoms with Crippen molar-refractivity contribution in [2.45, 2.75) is 6.61 Å². The number of benzene rings is 1. The highest BCUT2D eigenvalue weighted by atomic mass is 19.1. The predicted octanol–water partition coefficient (Wildman–Crippen LogP) is 1.66. The second kappa shape index (κ2) is 4.42. The van der Waals surface area contributed by atoms with Gasteiger partial charge in [0.1, 0.15) is 11.6 Å². The highest BCUT2D eigenvalue weighted by Gasteiger charge is 2.15. The molecule has 1 aromatic rings. The fourth-order valence-electron chi connectivity index (χ4n) is 1.53. The van der Waals surface area contributed by atoms with Crippen LogP contribution in [0.15, 0.2) is 18.2 Å². The van der Waals surface area contributed by atoms with Crippen LogP contribution in [0.25, 0.3) is 6.08 Å². The van der Waals surface area contributed by atoms with E-state index in [4.69, 9.17) is 15.2 Å². The van der Waals surface area contributed by atoms with Crippen LogP contribution in [0.3, 0.4) is 0 Å². The van der Waals surface area contributed by atoms with E-state index in [-0.39, 0.29) is 12.6 Å². The van der Waals surface area contributed by atoms with Crippen LogP contribution in [0.4, 0.5) is 4.39 Å². The Morgan fingerprint density at radius 3 is 3.13 bits per heavy atom. The van der Waals surface area contributed by atoms with Crippen molar-refractivity contribution in [1.29, 1.82) is 0 Å². The monoisotopic (exact) mass is 209 g/mol. The lowest BCUT2D eigenvalue weighted by atomic mass is 10.1. The summed E-state index contributed by atoms with van der Waals surface area (Å²) in [5.41, 5.74) is 6.79. The molecule has 0 amide bonds. The maximum absolute atomic E-state index is 13.2. The Balaban J connectivity index is 2.43. The van der Waals surface area contributed by atoms with Crippen LogP contribution >= 0.6 is 0 Å². The minimum absolute atomic E-state index is 0.210. The van der Waals surface area contributed by atoms with E-state index in [9.17, 15) is 4.39 Å². The van der Waals surface area contributed by atoms with Gasteiger partial charge in [-0.1, -0.05) is 12.2 Å². The molecule has 1 aliphatic rings. The van der Waals surface area contributed by atoms with Crippen molar-refractivity contribution in [1.82, 2.24) is 0 Å². The molecule has 0 spiro atoms. The normalized spacial score (nSPS) is 15.1. The predicted molar refractivity (Wildman–Crippen MR) is 54.8 cm³/mol. The second-order valence-corrected chi connectivity index (χ2v) is 3.23. The van der Waals surface area contributed by atoms with E-state index in [0.717, 1.165) is 5.56 Å². The van der Waals surface area contributed by atoms with Gasteiger partial charge in [0, 0.05) is 17.7 Å². The van der Waals surface area contributed by atoms with E-state index < -0.39 is 0 Å². The Kier molecular flexibility index (Phi) is 2.99. The minimum atomic E-state index is -0.292. The number of nitrogens with two attached hydrogens (primary N) is 1. The SMILES string of the molecule is NC/C=C/c1cc(F)cc2c1OCOC2. The fraction of sp³-hybridized carbons (Fsp3) is 0.273. The van der Waals surface area contributed by atoms with Gasteiger partial charge in [-0.25, -0.2) is 4.39 Å². The number of fused-ring (bicyclic) bond motifs is 1. The summed E-state index contributed by atoms with van der Waals surface area (Å²) >= 11 is 0. The molecule has 0 saturated heterocycles. The number of halogens is 1. The lowest BCUT2D eigenvalue weighted by molar-refractivity contribution is -0.0167. The van der Waals surface area contributed by atoms with Crippen LogP contribution in [-0.4, -0.2) is 13.3 Å². The number of hydrogen-bond acceptors (Lipinski definition) is 3. The molecule has 0 fully saturated rings. The lowest BCUT2D eigenvalue weighted by Crippen LogP contribution is -2.12. The third-order valence-corrected chi connectivity index (χ3v) is 2.14. The van der Waals surface area contributed by atoms with E-state index in [2.05, 4.69) is 0 Å². The van der Waals surface area contributed by atoms with Crippen LogP contribution in [0.2, 0.25) is 0 Å². The van der Waals surface area contributed by atoms with E-state index in [1.165, 1.54) is 12.1 Å². The van der Waals surface area contributed by atoms with Crippen LogP contribution in [-0.2, 0) is 11.3 Å². The van der Waals surface area contributed by atoms with Crippen LogP contribution in [0, 0.1) is 5.82 Å².